The van der Waals surface area contributed by atoms with Gasteiger partial charge in [0, 0.05) is 34.8 Å². The number of halogens is 1. The molecule has 1 aliphatic carbocycles. The molecule has 1 unspecified atom stereocenters. The van der Waals surface area contributed by atoms with E-state index in [0.29, 0.717) is 11.6 Å². The molecule has 0 aromatic heterocycles. The van der Waals surface area contributed by atoms with Gasteiger partial charge in [-0.3, -0.25) is 0 Å². The summed E-state index contributed by atoms with van der Waals surface area (Å²) in [6.45, 7) is 4.59. The highest BCUT2D eigenvalue weighted by Crippen LogP contribution is 2.34. The van der Waals surface area contributed by atoms with Gasteiger partial charge in [0.1, 0.15) is 0 Å². The third-order valence-electron chi connectivity index (χ3n) is 4.75. The zero-order valence-electron chi connectivity index (χ0n) is 11.7. The van der Waals surface area contributed by atoms with Crippen molar-refractivity contribution in [1.29, 1.82) is 0 Å². The molecule has 1 saturated heterocycles. The van der Waals surface area contributed by atoms with Crippen LogP contribution in [0.2, 0.25) is 0 Å². The van der Waals surface area contributed by atoms with Gasteiger partial charge in [0.25, 0.3) is 0 Å². The molecule has 1 atom stereocenters. The number of hydrogen-bond acceptors (Lipinski definition) is 2. The summed E-state index contributed by atoms with van der Waals surface area (Å²) in [6, 6.07) is 9.36. The smallest absolute Gasteiger partial charge is 0.0387 e. The maximum Gasteiger partial charge on any atom is 0.0387 e. The maximum absolute atomic E-state index is 3.84. The van der Waals surface area contributed by atoms with Crippen LogP contribution in [0.5, 0.6) is 0 Å². The van der Waals surface area contributed by atoms with Crippen molar-refractivity contribution >= 4 is 21.6 Å². The molecule has 1 spiro atoms. The van der Waals surface area contributed by atoms with Crippen molar-refractivity contribution in [3.63, 3.8) is 0 Å². The lowest BCUT2D eigenvalue weighted by Gasteiger charge is -2.50. The van der Waals surface area contributed by atoms with E-state index >= 15 is 0 Å². The molecule has 1 aromatic rings. The first-order valence-electron chi connectivity index (χ1n) is 7.46. The van der Waals surface area contributed by atoms with Crippen LogP contribution >= 0.6 is 15.9 Å². The summed E-state index contributed by atoms with van der Waals surface area (Å²) in [5.74, 6) is 0. The molecule has 1 aromatic carbocycles. The summed E-state index contributed by atoms with van der Waals surface area (Å²) in [5, 5.41) is 3.84. The minimum atomic E-state index is 0.373. The van der Waals surface area contributed by atoms with E-state index in [-0.39, 0.29) is 0 Å². The first-order valence-corrected chi connectivity index (χ1v) is 8.25. The topological polar surface area (TPSA) is 15.3 Å². The van der Waals surface area contributed by atoms with E-state index in [0.717, 1.165) is 17.6 Å². The minimum Gasteiger partial charge on any atom is -0.366 e. The van der Waals surface area contributed by atoms with Gasteiger partial charge in [-0.05, 0) is 44.0 Å². The zero-order chi connectivity index (χ0) is 13.3. The molecule has 1 heterocycles. The van der Waals surface area contributed by atoms with Gasteiger partial charge in [-0.15, -0.1) is 0 Å². The second-order valence-electron chi connectivity index (χ2n) is 6.18. The molecule has 3 rings (SSSR count). The van der Waals surface area contributed by atoms with E-state index in [1.165, 1.54) is 37.8 Å². The molecule has 2 nitrogen and oxygen atoms in total. The molecule has 0 radical (unpaired) electrons. The summed E-state index contributed by atoms with van der Waals surface area (Å²) in [5.41, 5.74) is 1.74. The summed E-state index contributed by atoms with van der Waals surface area (Å²) in [7, 11) is 0. The summed E-state index contributed by atoms with van der Waals surface area (Å²) >= 11 is 3.52. The summed E-state index contributed by atoms with van der Waals surface area (Å²) < 4.78 is 1.16. The molecule has 0 bridgehead atoms. The van der Waals surface area contributed by atoms with Gasteiger partial charge < -0.3 is 10.2 Å². The summed E-state index contributed by atoms with van der Waals surface area (Å²) in [4.78, 5) is 2.59. The van der Waals surface area contributed by atoms with E-state index in [1.807, 2.05) is 0 Å². The third kappa shape index (κ3) is 2.82. The Morgan fingerprint density at radius 2 is 1.84 bits per heavy atom. The van der Waals surface area contributed by atoms with Crippen LogP contribution in [0, 0.1) is 0 Å². The van der Waals surface area contributed by atoms with Crippen LogP contribution in [0.3, 0.4) is 0 Å². The van der Waals surface area contributed by atoms with E-state index < -0.39 is 0 Å². The molecule has 104 valence electrons. The normalized spacial score (nSPS) is 26.6. The Labute approximate surface area is 124 Å². The predicted molar refractivity (Wildman–Crippen MR) is 84.8 cm³/mol. The first-order chi connectivity index (χ1) is 9.19. The molecule has 3 heteroatoms. The lowest BCUT2D eigenvalue weighted by Crippen LogP contribution is -2.64. The van der Waals surface area contributed by atoms with Crippen LogP contribution in [-0.4, -0.2) is 24.7 Å². The van der Waals surface area contributed by atoms with Gasteiger partial charge in [0.05, 0.1) is 0 Å². The van der Waals surface area contributed by atoms with E-state index in [1.54, 1.807) is 0 Å². The van der Waals surface area contributed by atoms with Crippen LogP contribution in [0.15, 0.2) is 28.7 Å². The predicted octanol–water partition coefficient (Wildman–Crippen LogP) is 3.95. The van der Waals surface area contributed by atoms with Crippen LogP contribution in [0.4, 0.5) is 5.69 Å². The minimum absolute atomic E-state index is 0.373. The molecule has 1 aliphatic heterocycles. The summed E-state index contributed by atoms with van der Waals surface area (Å²) in [6.07, 6.45) is 6.86. The number of rotatable bonds is 1. The van der Waals surface area contributed by atoms with Crippen molar-refractivity contribution < 1.29 is 0 Å². The molecule has 2 aliphatic rings. The molecule has 19 heavy (non-hydrogen) atoms. The van der Waals surface area contributed by atoms with E-state index in [4.69, 9.17) is 0 Å². The SMILES string of the molecule is CC1CNC2(CCCCC2)CN1c1ccc(Br)cc1. The number of hydrogen-bond donors (Lipinski definition) is 1. The highest BCUT2D eigenvalue weighted by atomic mass is 79.9. The Hall–Kier alpha value is -0.540. The second kappa shape index (κ2) is 5.45. The number of nitrogens with zero attached hydrogens (tertiary/aromatic N) is 1. The van der Waals surface area contributed by atoms with Crippen molar-refractivity contribution in [1.82, 2.24) is 5.32 Å². The van der Waals surface area contributed by atoms with Gasteiger partial charge in [0.15, 0.2) is 0 Å². The van der Waals surface area contributed by atoms with Crippen LogP contribution in [0.25, 0.3) is 0 Å². The fourth-order valence-corrected chi connectivity index (χ4v) is 3.82. The number of anilines is 1. The lowest BCUT2D eigenvalue weighted by atomic mass is 9.79. The highest BCUT2D eigenvalue weighted by Gasteiger charge is 2.38. The molecule has 1 N–H and O–H groups in total. The maximum atomic E-state index is 3.84. The largest absolute Gasteiger partial charge is 0.366 e. The number of benzene rings is 1. The van der Waals surface area contributed by atoms with E-state index in [9.17, 15) is 0 Å². The second-order valence-corrected chi connectivity index (χ2v) is 7.09. The quantitative estimate of drug-likeness (QED) is 0.842. The number of piperazine rings is 1. The Morgan fingerprint density at radius 3 is 2.53 bits per heavy atom. The molecule has 1 saturated carbocycles. The van der Waals surface area contributed by atoms with Crippen molar-refractivity contribution in [3.05, 3.63) is 28.7 Å². The average molecular weight is 323 g/mol. The Kier molecular flexibility index (Phi) is 3.86. The molecular formula is C16H23BrN2. The van der Waals surface area contributed by atoms with Gasteiger partial charge in [-0.2, -0.15) is 0 Å². The lowest BCUT2D eigenvalue weighted by molar-refractivity contribution is 0.200. The Balaban J connectivity index is 1.80. The molecule has 2 fully saturated rings. The van der Waals surface area contributed by atoms with Crippen LogP contribution < -0.4 is 10.2 Å². The standard InChI is InChI=1S/C16H23BrN2/c1-13-11-18-16(9-3-2-4-10-16)12-19(13)15-7-5-14(17)6-8-15/h5-8,13,18H,2-4,9-12H2,1H3. The fraction of sp³-hybridized carbons (Fsp3) is 0.625. The van der Waals surface area contributed by atoms with Crippen LogP contribution in [-0.2, 0) is 0 Å². The van der Waals surface area contributed by atoms with Crippen molar-refractivity contribution in [2.75, 3.05) is 18.0 Å². The van der Waals surface area contributed by atoms with Crippen molar-refractivity contribution in [2.45, 2.75) is 50.6 Å². The van der Waals surface area contributed by atoms with Gasteiger partial charge in [0.2, 0.25) is 0 Å². The van der Waals surface area contributed by atoms with E-state index in [2.05, 4.69) is 57.3 Å². The zero-order valence-corrected chi connectivity index (χ0v) is 13.2. The fourth-order valence-electron chi connectivity index (χ4n) is 3.55. The Morgan fingerprint density at radius 1 is 1.16 bits per heavy atom. The van der Waals surface area contributed by atoms with Gasteiger partial charge in [-0.1, -0.05) is 35.2 Å². The molecule has 0 amide bonds. The van der Waals surface area contributed by atoms with Crippen molar-refractivity contribution in [3.8, 4) is 0 Å². The molecular weight excluding hydrogens is 300 g/mol. The Bertz CT molecular complexity index is 423. The first kappa shape index (κ1) is 13.4. The van der Waals surface area contributed by atoms with Crippen molar-refractivity contribution in [2.24, 2.45) is 0 Å². The highest BCUT2D eigenvalue weighted by molar-refractivity contribution is 9.10. The van der Waals surface area contributed by atoms with Crippen LogP contribution in [0.1, 0.15) is 39.0 Å². The number of nitrogens with one attached hydrogen (secondary N) is 1. The third-order valence-corrected chi connectivity index (χ3v) is 5.28. The van der Waals surface area contributed by atoms with Gasteiger partial charge in [-0.25, -0.2) is 0 Å². The average Bonchev–Trinajstić information content (AvgIpc) is 2.44. The van der Waals surface area contributed by atoms with Gasteiger partial charge >= 0.3 is 0 Å². The monoisotopic (exact) mass is 322 g/mol.